The molecule has 0 aliphatic carbocycles. The molecule has 0 atom stereocenters. The maximum Gasteiger partial charge on any atom is 0.250 e. The Labute approximate surface area is 179 Å². The van der Waals surface area contributed by atoms with E-state index >= 15 is 0 Å². The molecule has 3 rings (SSSR count). The van der Waals surface area contributed by atoms with E-state index in [1.807, 2.05) is 32.0 Å². The fourth-order valence-electron chi connectivity index (χ4n) is 3.45. The highest BCUT2D eigenvalue weighted by molar-refractivity contribution is 7.18. The second-order valence-corrected chi connectivity index (χ2v) is 8.34. The van der Waals surface area contributed by atoms with Gasteiger partial charge in [-0.1, -0.05) is 42.3 Å². The molecule has 1 amide bonds. The SMILES string of the molecule is CCCCc1ccc(C(N)=O)c(Cl)c1-c1nnc(-c2cc(C)c(OC)c(C)c2)s1. The summed E-state index contributed by atoms with van der Waals surface area (Å²) in [6.07, 6.45) is 2.92. The largest absolute Gasteiger partial charge is 0.496 e. The van der Waals surface area contributed by atoms with Gasteiger partial charge in [-0.25, -0.2) is 0 Å². The van der Waals surface area contributed by atoms with E-state index in [-0.39, 0.29) is 0 Å². The van der Waals surface area contributed by atoms with Crippen molar-refractivity contribution in [1.29, 1.82) is 0 Å². The van der Waals surface area contributed by atoms with Crippen molar-refractivity contribution in [3.05, 3.63) is 51.5 Å². The van der Waals surface area contributed by atoms with Crippen molar-refractivity contribution >= 4 is 28.8 Å². The Balaban J connectivity index is 2.10. The van der Waals surface area contributed by atoms with Crippen LogP contribution in [-0.4, -0.2) is 23.2 Å². The molecule has 152 valence electrons. The number of unbranched alkanes of at least 4 members (excludes halogenated alkanes) is 1. The molecule has 2 N–H and O–H groups in total. The maximum atomic E-state index is 11.8. The van der Waals surface area contributed by atoms with Gasteiger partial charge in [0.25, 0.3) is 0 Å². The molecule has 7 heteroatoms. The smallest absolute Gasteiger partial charge is 0.250 e. The Hall–Kier alpha value is -2.44. The fourth-order valence-corrected chi connectivity index (χ4v) is 4.79. The molecule has 0 aliphatic rings. The second kappa shape index (κ2) is 8.93. The van der Waals surface area contributed by atoms with Crippen LogP contribution in [0.5, 0.6) is 5.75 Å². The Bertz CT molecular complexity index is 1040. The van der Waals surface area contributed by atoms with Crippen LogP contribution in [0.2, 0.25) is 5.02 Å². The van der Waals surface area contributed by atoms with Crippen molar-refractivity contribution in [2.24, 2.45) is 5.73 Å². The molecule has 0 unspecified atom stereocenters. The van der Waals surface area contributed by atoms with Crippen molar-refractivity contribution in [3.63, 3.8) is 0 Å². The first-order valence-corrected chi connectivity index (χ1v) is 10.7. The third-order valence-corrected chi connectivity index (χ3v) is 6.23. The second-order valence-electron chi connectivity index (χ2n) is 6.98. The Kier molecular flexibility index (Phi) is 6.55. The Morgan fingerprint density at radius 2 is 1.83 bits per heavy atom. The third-order valence-electron chi connectivity index (χ3n) is 4.84. The molecule has 0 aliphatic heterocycles. The summed E-state index contributed by atoms with van der Waals surface area (Å²) in [5.74, 6) is 0.321. The number of benzene rings is 2. The zero-order valence-corrected chi connectivity index (χ0v) is 18.6. The van der Waals surface area contributed by atoms with Crippen LogP contribution >= 0.6 is 22.9 Å². The van der Waals surface area contributed by atoms with E-state index in [1.54, 1.807) is 13.2 Å². The molecular formula is C22H24ClN3O2S. The molecule has 0 spiro atoms. The first-order chi connectivity index (χ1) is 13.9. The third kappa shape index (κ3) is 4.28. The number of hydrogen-bond donors (Lipinski definition) is 1. The van der Waals surface area contributed by atoms with Gasteiger partial charge in [0.15, 0.2) is 0 Å². The van der Waals surface area contributed by atoms with Crippen molar-refractivity contribution in [2.75, 3.05) is 7.11 Å². The van der Waals surface area contributed by atoms with Gasteiger partial charge in [0.1, 0.15) is 15.8 Å². The van der Waals surface area contributed by atoms with Crippen LogP contribution in [0.15, 0.2) is 24.3 Å². The molecule has 2 aromatic carbocycles. The van der Waals surface area contributed by atoms with Gasteiger partial charge in [0.2, 0.25) is 5.91 Å². The zero-order valence-electron chi connectivity index (χ0n) is 17.0. The van der Waals surface area contributed by atoms with Gasteiger partial charge in [0, 0.05) is 11.1 Å². The highest BCUT2D eigenvalue weighted by Gasteiger charge is 2.20. The molecule has 3 aromatic rings. The number of halogens is 1. The minimum absolute atomic E-state index is 0.301. The topological polar surface area (TPSA) is 78.1 Å². The molecule has 29 heavy (non-hydrogen) atoms. The Morgan fingerprint density at radius 3 is 2.41 bits per heavy atom. The van der Waals surface area contributed by atoms with E-state index in [9.17, 15) is 4.79 Å². The van der Waals surface area contributed by atoms with E-state index in [1.165, 1.54) is 11.3 Å². The van der Waals surface area contributed by atoms with Crippen LogP contribution in [0, 0.1) is 13.8 Å². The quantitative estimate of drug-likeness (QED) is 0.530. The summed E-state index contributed by atoms with van der Waals surface area (Å²) in [7, 11) is 1.67. The number of rotatable bonds is 7. The van der Waals surface area contributed by atoms with E-state index in [0.717, 1.165) is 57.8 Å². The molecular weight excluding hydrogens is 406 g/mol. The zero-order chi connectivity index (χ0) is 21.1. The van der Waals surface area contributed by atoms with Crippen molar-refractivity contribution < 1.29 is 9.53 Å². The average Bonchev–Trinajstić information content (AvgIpc) is 3.15. The molecule has 0 radical (unpaired) electrons. The highest BCUT2D eigenvalue weighted by Crippen LogP contribution is 2.39. The number of amides is 1. The molecule has 1 heterocycles. The van der Waals surface area contributed by atoms with E-state index in [2.05, 4.69) is 17.1 Å². The van der Waals surface area contributed by atoms with Gasteiger partial charge in [-0.3, -0.25) is 4.79 Å². The number of primary amides is 1. The van der Waals surface area contributed by atoms with Crippen LogP contribution in [0.25, 0.3) is 21.1 Å². The summed E-state index contributed by atoms with van der Waals surface area (Å²) < 4.78 is 5.45. The lowest BCUT2D eigenvalue weighted by atomic mass is 9.99. The number of nitrogens with two attached hydrogens (primary N) is 1. The van der Waals surface area contributed by atoms with E-state index in [4.69, 9.17) is 22.1 Å². The lowest BCUT2D eigenvalue weighted by Gasteiger charge is -2.11. The summed E-state index contributed by atoms with van der Waals surface area (Å²) >= 11 is 8.04. The van der Waals surface area contributed by atoms with Gasteiger partial charge in [-0.15, -0.1) is 10.2 Å². The number of carbonyl (C=O) groups excluding carboxylic acids is 1. The summed E-state index contributed by atoms with van der Waals surface area (Å²) in [4.78, 5) is 11.8. The predicted molar refractivity (Wildman–Crippen MR) is 119 cm³/mol. The average molecular weight is 430 g/mol. The molecule has 0 bridgehead atoms. The number of aromatic nitrogens is 2. The van der Waals surface area contributed by atoms with Crippen molar-refractivity contribution in [2.45, 2.75) is 40.0 Å². The number of methoxy groups -OCH3 is 1. The van der Waals surface area contributed by atoms with Gasteiger partial charge < -0.3 is 10.5 Å². The summed E-state index contributed by atoms with van der Waals surface area (Å²) in [6, 6.07) is 7.68. The molecule has 0 saturated carbocycles. The minimum Gasteiger partial charge on any atom is -0.496 e. The van der Waals surface area contributed by atoms with Crippen molar-refractivity contribution in [3.8, 4) is 26.9 Å². The number of nitrogens with zero attached hydrogens (tertiary/aromatic N) is 2. The van der Waals surface area contributed by atoms with Crippen LogP contribution in [0.4, 0.5) is 0 Å². The highest BCUT2D eigenvalue weighted by atomic mass is 35.5. The molecule has 0 fully saturated rings. The maximum absolute atomic E-state index is 11.8. The summed E-state index contributed by atoms with van der Waals surface area (Å²) in [5, 5.41) is 10.6. The lowest BCUT2D eigenvalue weighted by molar-refractivity contribution is 0.100. The number of aryl methyl sites for hydroxylation is 3. The van der Waals surface area contributed by atoms with Gasteiger partial charge in [0.05, 0.1) is 17.7 Å². The lowest BCUT2D eigenvalue weighted by Crippen LogP contribution is -2.12. The normalized spacial score (nSPS) is 10.9. The van der Waals surface area contributed by atoms with Crippen molar-refractivity contribution in [1.82, 2.24) is 10.2 Å². The van der Waals surface area contributed by atoms with Crippen LogP contribution in [0.3, 0.4) is 0 Å². The number of carbonyl (C=O) groups is 1. The number of ether oxygens (including phenoxy) is 1. The molecule has 0 saturated heterocycles. The predicted octanol–water partition coefficient (Wildman–Crippen LogP) is 5.59. The number of hydrogen-bond acceptors (Lipinski definition) is 5. The Morgan fingerprint density at radius 1 is 1.17 bits per heavy atom. The summed E-state index contributed by atoms with van der Waals surface area (Å²) in [6.45, 7) is 6.15. The van der Waals surface area contributed by atoms with Gasteiger partial charge in [-0.05, 0) is 61.6 Å². The fraction of sp³-hybridized carbons (Fsp3) is 0.318. The minimum atomic E-state index is -0.551. The van der Waals surface area contributed by atoms with Gasteiger partial charge >= 0.3 is 0 Å². The molecule has 1 aromatic heterocycles. The standard InChI is InChI=1S/C22H24ClN3O2S/c1-5-6-7-14-8-9-16(20(24)27)18(23)17(14)22-26-25-21(29-22)15-10-12(2)19(28-4)13(3)11-15/h8-11H,5-7H2,1-4H3,(H2,24,27). The first kappa shape index (κ1) is 21.3. The summed E-state index contributed by atoms with van der Waals surface area (Å²) in [5.41, 5.74) is 10.7. The van der Waals surface area contributed by atoms with Crippen LogP contribution in [-0.2, 0) is 6.42 Å². The van der Waals surface area contributed by atoms with Gasteiger partial charge in [-0.2, -0.15) is 0 Å². The van der Waals surface area contributed by atoms with Crippen LogP contribution in [0.1, 0.15) is 46.8 Å². The van der Waals surface area contributed by atoms with E-state index in [0.29, 0.717) is 15.6 Å². The molecule has 5 nitrogen and oxygen atoms in total. The van der Waals surface area contributed by atoms with E-state index < -0.39 is 5.91 Å². The first-order valence-electron chi connectivity index (χ1n) is 9.48. The monoisotopic (exact) mass is 429 g/mol. The van der Waals surface area contributed by atoms with Crippen LogP contribution < -0.4 is 10.5 Å².